The van der Waals surface area contributed by atoms with Gasteiger partial charge in [-0.2, -0.15) is 20.4 Å². The van der Waals surface area contributed by atoms with Crippen LogP contribution in [0.15, 0.2) is 94.8 Å². The molecule has 7 aromatic rings. The van der Waals surface area contributed by atoms with Crippen molar-refractivity contribution in [2.24, 2.45) is 26.2 Å². The quantitative estimate of drug-likeness (QED) is 0.0357. The fraction of sp³-hybridized carbons (Fsp3) is 0.379. The van der Waals surface area contributed by atoms with Gasteiger partial charge >= 0.3 is 53.4 Å². The number of aromatic nitrogens is 10. The van der Waals surface area contributed by atoms with E-state index in [1.54, 1.807) is 119 Å². The van der Waals surface area contributed by atoms with Crippen molar-refractivity contribution in [1.29, 1.82) is 0 Å². The molecule has 8 heterocycles. The average molecular weight is 1340 g/mol. The predicted octanol–water partition coefficient (Wildman–Crippen LogP) is 5.77. The van der Waals surface area contributed by atoms with Crippen molar-refractivity contribution in [3.63, 3.8) is 0 Å². The van der Waals surface area contributed by atoms with Crippen molar-refractivity contribution in [3.8, 4) is 33.8 Å². The van der Waals surface area contributed by atoms with Gasteiger partial charge in [0.25, 0.3) is 0 Å². The van der Waals surface area contributed by atoms with Crippen LogP contribution in [0.25, 0.3) is 33.8 Å². The van der Waals surface area contributed by atoms with Crippen molar-refractivity contribution in [2.45, 2.75) is 80.4 Å². The number of hydrogen-bond donors (Lipinski definition) is 5. The Kier molecular flexibility index (Phi) is 43.3. The van der Waals surface area contributed by atoms with Crippen LogP contribution < -0.4 is 35.0 Å². The van der Waals surface area contributed by atoms with Gasteiger partial charge in [0, 0.05) is 105 Å². The molecule has 88 heavy (non-hydrogen) atoms. The SMILES string of the molecule is C.C1CCOC1.CC(O)C(C)(C)O.CO.COC(=O)c1cc(-c2c(Cl)cnn2C)cc(C)n1.COC(=O)c1cc(-c2ccnn2C)cc(C)n1.COC(=O)c1cc(Br)cc(C)n1.Cc1cc(-c2c(Cl)cnn2C)cc(C(=O)O)n1.[B]/C=C/C=N\NC.[Na+].[OH-]. The Morgan fingerprint density at radius 1 is 0.716 bits per heavy atom. The first-order valence-electron chi connectivity index (χ1n) is 25.5. The summed E-state index contributed by atoms with van der Waals surface area (Å²) in [6, 6.07) is 15.7. The summed E-state index contributed by atoms with van der Waals surface area (Å²) >= 11 is 15.4. The monoisotopic (exact) mass is 1330 g/mol. The van der Waals surface area contributed by atoms with Crippen LogP contribution in [0.5, 0.6) is 0 Å². The van der Waals surface area contributed by atoms with E-state index in [-0.39, 0.29) is 53.8 Å². The Bertz CT molecular complexity index is 3230. The molecule has 0 amide bonds. The molecule has 8 rings (SSSR count). The zero-order valence-corrected chi connectivity index (χ0v) is 56.8. The van der Waals surface area contributed by atoms with Gasteiger partial charge in [-0.15, -0.1) is 5.98 Å². The molecule has 25 nitrogen and oxygen atoms in total. The fourth-order valence-electron chi connectivity index (χ4n) is 6.60. The van der Waals surface area contributed by atoms with E-state index in [1.807, 2.05) is 45.2 Å². The summed E-state index contributed by atoms with van der Waals surface area (Å²) in [7, 11) is 17.1. The summed E-state index contributed by atoms with van der Waals surface area (Å²) in [4.78, 5) is 61.1. The number of methoxy groups -OCH3 is 3. The Morgan fingerprint density at radius 3 is 1.40 bits per heavy atom. The van der Waals surface area contributed by atoms with E-state index in [1.165, 1.54) is 52.4 Å². The number of ether oxygens (including phenoxy) is 4. The summed E-state index contributed by atoms with van der Waals surface area (Å²) < 4.78 is 24.6. The number of carbonyl (C=O) groups is 4. The second kappa shape index (κ2) is 44.6. The molecule has 0 aliphatic carbocycles. The molecule has 0 aromatic carbocycles. The number of esters is 3. The molecule has 1 fully saturated rings. The third-order valence-electron chi connectivity index (χ3n) is 10.9. The minimum absolute atomic E-state index is 0. The molecule has 474 valence electrons. The molecule has 2 radical (unpaired) electrons. The van der Waals surface area contributed by atoms with E-state index in [2.05, 4.69) is 75.9 Å². The largest absolute Gasteiger partial charge is 1.00 e. The number of carboxylic acids is 1. The van der Waals surface area contributed by atoms with E-state index in [4.69, 9.17) is 56.2 Å². The van der Waals surface area contributed by atoms with Gasteiger partial charge < -0.3 is 50.3 Å². The first-order valence-corrected chi connectivity index (χ1v) is 27.1. The smallest absolute Gasteiger partial charge is 0.870 e. The van der Waals surface area contributed by atoms with Crippen molar-refractivity contribution >= 4 is 77.1 Å². The second-order valence-electron chi connectivity index (χ2n) is 18.0. The molecule has 1 aliphatic rings. The van der Waals surface area contributed by atoms with Gasteiger partial charge in [0.2, 0.25) is 0 Å². The summed E-state index contributed by atoms with van der Waals surface area (Å²) in [6.45, 7) is 13.9. The van der Waals surface area contributed by atoms with Crippen LogP contribution in [0.3, 0.4) is 0 Å². The fourth-order valence-corrected chi connectivity index (χ4v) is 7.69. The Balaban J connectivity index is -0.000000983. The normalized spacial score (nSPS) is 11.1. The number of aromatic carboxylic acids is 1. The van der Waals surface area contributed by atoms with Gasteiger partial charge in [-0.1, -0.05) is 52.6 Å². The molecule has 0 saturated carbocycles. The number of carboxylic acid groups (broad SMARTS) is 1. The molecule has 6 N–H and O–H groups in total. The number of aliphatic hydroxyl groups is 3. The number of aliphatic hydroxyl groups excluding tert-OH is 2. The van der Waals surface area contributed by atoms with Crippen LogP contribution in [-0.2, 0) is 40.1 Å². The number of hydrazone groups is 1. The van der Waals surface area contributed by atoms with Crippen molar-refractivity contribution < 1.29 is 93.6 Å². The van der Waals surface area contributed by atoms with Crippen molar-refractivity contribution in [1.82, 2.24) is 54.7 Å². The number of nitrogens with one attached hydrogen (secondary N) is 1. The van der Waals surface area contributed by atoms with Crippen LogP contribution >= 0.6 is 39.1 Å². The van der Waals surface area contributed by atoms with E-state index in [0.717, 1.165) is 58.7 Å². The minimum Gasteiger partial charge on any atom is -0.870 e. The molecular weight excluding hydrogens is 1260 g/mol. The van der Waals surface area contributed by atoms with Crippen LogP contribution in [0.1, 0.15) is 106 Å². The number of hydrogen-bond acceptors (Lipinski definition) is 21. The second-order valence-corrected chi connectivity index (χ2v) is 19.8. The van der Waals surface area contributed by atoms with E-state index < -0.39 is 35.6 Å². The van der Waals surface area contributed by atoms with Crippen LogP contribution in [-0.4, -0.2) is 174 Å². The molecule has 7 aromatic heterocycles. The van der Waals surface area contributed by atoms with Gasteiger partial charge in [-0.05, 0) is 116 Å². The molecule has 0 spiro atoms. The number of halogens is 3. The van der Waals surface area contributed by atoms with E-state index in [0.29, 0.717) is 44.1 Å². The molecule has 0 bridgehead atoms. The summed E-state index contributed by atoms with van der Waals surface area (Å²) in [5.74, 6) is -0.969. The maximum Gasteiger partial charge on any atom is 1.00 e. The van der Waals surface area contributed by atoms with Gasteiger partial charge in [0.1, 0.15) is 30.6 Å². The topological polar surface area (TPSA) is 346 Å². The number of rotatable bonds is 10. The van der Waals surface area contributed by atoms with Gasteiger partial charge in [-0.25, -0.2) is 39.1 Å². The average Bonchev–Trinajstić information content (AvgIpc) is 4.03. The van der Waals surface area contributed by atoms with Crippen molar-refractivity contribution in [3.05, 3.63) is 145 Å². The molecule has 30 heteroatoms. The molecule has 1 aliphatic heterocycles. The third-order valence-corrected chi connectivity index (χ3v) is 11.9. The van der Waals surface area contributed by atoms with Gasteiger partial charge in [-0.3, -0.25) is 14.0 Å². The van der Waals surface area contributed by atoms with Gasteiger partial charge in [0.05, 0.1) is 72.6 Å². The Labute approximate surface area is 556 Å². The van der Waals surface area contributed by atoms with E-state index in [9.17, 15) is 19.2 Å². The number of carbonyl (C=O) groups excluding carboxylic acids is 3. The Morgan fingerprint density at radius 2 is 1.09 bits per heavy atom. The number of allylic oxidation sites excluding steroid dienone is 1. The zero-order valence-electron chi connectivity index (χ0n) is 51.7. The number of pyridine rings is 4. The van der Waals surface area contributed by atoms with Crippen LogP contribution in [0, 0.1) is 27.7 Å². The van der Waals surface area contributed by atoms with Gasteiger partial charge in [0.15, 0.2) is 0 Å². The molecule has 1 unspecified atom stereocenters. The van der Waals surface area contributed by atoms with Crippen LogP contribution in [0.2, 0.25) is 10.0 Å². The number of nitrogens with zero attached hydrogens (tertiary/aromatic N) is 11. The summed E-state index contributed by atoms with van der Waals surface area (Å²) in [5.41, 5.74) is 10.1. The van der Waals surface area contributed by atoms with Crippen molar-refractivity contribution in [2.75, 3.05) is 48.7 Å². The van der Waals surface area contributed by atoms with E-state index >= 15 is 0 Å². The minimum atomic E-state index is -1.06. The Hall–Kier alpha value is -6.76. The molecule has 1 saturated heterocycles. The van der Waals surface area contributed by atoms with Crippen LogP contribution in [0.4, 0.5) is 0 Å². The third kappa shape index (κ3) is 30.4. The molecule has 1 atom stereocenters. The standard InChI is InChI=1S/C12H12ClN3O2.C12H13N3O2.C11H10ClN3O2.C8H8BrNO2.C5H12O2.C4H7BN2.C4H8O.CH4O.CH4.Na.H2O/c1-7-4-8(5-10(15-7)12(17)18-3)11-9(13)6-14-16(11)2;1-8-6-9(11-4-5-13-15(11)2)7-10(14-8)12(16)17-3;1-6-3-7(4-9(14-6)11(16)17)10-8(12)5-13-15(10)2;1-5-3-6(9)4-7(10-5)8(11)12-2;1-4(6)5(2,3)7;1-6-7-4-2-3-5;1-2-4-5-3-1;1-2;;;/h4-6H,1-3H3;4-7H,1-3H3;3-5H,1-2H3,(H,16,17);3-4H,1-2H3;4,6-7H,1-3H3;2-4,6H,1H3;1-4H2;2H,1H3;1H4;;1H2/q;;;;;;;;;+1;/p-1/b;;;;;3-2+,7-4-;;;;;. The summed E-state index contributed by atoms with van der Waals surface area (Å²) in [6.07, 6.45) is 9.91. The molecular formula is C58H79BBrCl2N12NaO13. The first-order chi connectivity index (χ1) is 40.1. The zero-order chi connectivity index (χ0) is 64.6. The maximum atomic E-state index is 11.5. The predicted molar refractivity (Wildman–Crippen MR) is 338 cm³/mol. The first kappa shape index (κ1) is 85.5. The maximum absolute atomic E-state index is 11.5. The summed E-state index contributed by atoms with van der Waals surface area (Å²) in [5, 5.41) is 50.2. The number of aryl methyl sites for hydroxylation is 7.